The molecular formula is C17H19N5O2. The zero-order chi connectivity index (χ0) is 16.9. The highest BCUT2D eigenvalue weighted by atomic mass is 16.5. The highest BCUT2D eigenvalue weighted by molar-refractivity contribution is 5.89. The van der Waals surface area contributed by atoms with Crippen LogP contribution >= 0.6 is 0 Å². The first-order valence-electron chi connectivity index (χ1n) is 7.75. The van der Waals surface area contributed by atoms with Crippen molar-refractivity contribution in [1.29, 1.82) is 5.41 Å². The predicted molar refractivity (Wildman–Crippen MR) is 92.8 cm³/mol. The molecule has 0 aliphatic carbocycles. The molecule has 3 rings (SSSR count). The maximum Gasteiger partial charge on any atom is 0.226 e. The van der Waals surface area contributed by atoms with Crippen molar-refractivity contribution in [2.24, 2.45) is 0 Å². The Morgan fingerprint density at radius 1 is 1.21 bits per heavy atom. The Balaban J connectivity index is 2.02. The smallest absolute Gasteiger partial charge is 0.226 e. The van der Waals surface area contributed by atoms with Gasteiger partial charge in [-0.15, -0.1) is 0 Å². The number of morpholine rings is 1. The first-order valence-corrected chi connectivity index (χ1v) is 7.75. The number of ether oxygens (including phenoxy) is 1. The molecule has 1 fully saturated rings. The minimum Gasteiger partial charge on any atom is -0.378 e. The maximum atomic E-state index is 10.5. The second kappa shape index (κ2) is 7.18. The van der Waals surface area contributed by atoms with Gasteiger partial charge < -0.3 is 20.4 Å². The van der Waals surface area contributed by atoms with E-state index in [1.807, 2.05) is 31.2 Å². The predicted octanol–water partition coefficient (Wildman–Crippen LogP) is 1.85. The molecule has 1 aliphatic rings. The quantitative estimate of drug-likeness (QED) is 0.647. The van der Waals surface area contributed by atoms with Gasteiger partial charge in [-0.2, -0.15) is 0 Å². The monoisotopic (exact) mass is 325 g/mol. The normalized spacial score (nSPS) is 14.3. The molecule has 124 valence electrons. The summed E-state index contributed by atoms with van der Waals surface area (Å²) in [6.45, 7) is 4.72. The van der Waals surface area contributed by atoms with Gasteiger partial charge in [0.15, 0.2) is 0 Å². The first-order chi connectivity index (χ1) is 11.7. The number of hydrogen-bond acceptors (Lipinski definition) is 6. The fraction of sp³-hybridized carbons (Fsp3) is 0.294. The molecule has 24 heavy (non-hydrogen) atoms. The topological polar surface area (TPSA) is 91.2 Å². The molecule has 0 bridgehead atoms. The van der Waals surface area contributed by atoms with Crippen LogP contribution < -0.4 is 10.2 Å². The van der Waals surface area contributed by atoms with Crippen LogP contribution in [-0.4, -0.2) is 48.9 Å². The molecule has 1 amide bonds. The Morgan fingerprint density at radius 2 is 1.92 bits per heavy atom. The van der Waals surface area contributed by atoms with Crippen LogP contribution in [0, 0.1) is 12.3 Å². The molecular weight excluding hydrogens is 306 g/mol. The number of benzene rings is 1. The van der Waals surface area contributed by atoms with Crippen molar-refractivity contribution in [3.8, 4) is 11.3 Å². The molecule has 2 N–H and O–H groups in total. The second-order valence-corrected chi connectivity index (χ2v) is 5.45. The highest BCUT2D eigenvalue weighted by Gasteiger charge is 2.18. The third-order valence-electron chi connectivity index (χ3n) is 3.95. The number of nitrogens with one attached hydrogen (secondary N) is 2. The van der Waals surface area contributed by atoms with E-state index in [9.17, 15) is 4.79 Å². The van der Waals surface area contributed by atoms with E-state index in [1.54, 1.807) is 0 Å². The lowest BCUT2D eigenvalue weighted by molar-refractivity contribution is -0.105. The van der Waals surface area contributed by atoms with E-state index >= 15 is 0 Å². The van der Waals surface area contributed by atoms with Crippen molar-refractivity contribution < 1.29 is 9.53 Å². The molecule has 0 atom stereocenters. The molecule has 1 aliphatic heterocycles. The van der Waals surface area contributed by atoms with Crippen molar-refractivity contribution in [3.05, 3.63) is 35.5 Å². The Kier molecular flexibility index (Phi) is 4.81. The lowest BCUT2D eigenvalue weighted by Crippen LogP contribution is -2.37. The molecule has 0 spiro atoms. The average Bonchev–Trinajstić information content (AvgIpc) is 2.63. The van der Waals surface area contributed by atoms with Gasteiger partial charge in [0.25, 0.3) is 0 Å². The molecule has 1 aromatic carbocycles. The summed E-state index contributed by atoms with van der Waals surface area (Å²) in [5, 5.41) is 10.3. The second-order valence-electron chi connectivity index (χ2n) is 5.45. The molecule has 0 saturated carbocycles. The summed E-state index contributed by atoms with van der Waals surface area (Å²) in [6.07, 6.45) is 1.93. The van der Waals surface area contributed by atoms with Crippen LogP contribution in [0.2, 0.25) is 0 Å². The van der Waals surface area contributed by atoms with Crippen LogP contribution in [0.4, 0.5) is 11.6 Å². The zero-order valence-electron chi connectivity index (χ0n) is 13.5. The van der Waals surface area contributed by atoms with Gasteiger partial charge in [-0.25, -0.2) is 9.97 Å². The minimum absolute atomic E-state index is 0.642. The first kappa shape index (κ1) is 16.1. The maximum absolute atomic E-state index is 10.5. The molecule has 0 radical (unpaired) electrons. The molecule has 1 aromatic heterocycles. The number of amides is 1. The number of hydrogen-bond donors (Lipinski definition) is 2. The van der Waals surface area contributed by atoms with E-state index in [1.165, 1.54) is 6.21 Å². The van der Waals surface area contributed by atoms with Gasteiger partial charge in [0, 0.05) is 36.1 Å². The van der Waals surface area contributed by atoms with Crippen LogP contribution in [0.1, 0.15) is 11.3 Å². The molecule has 2 heterocycles. The minimum atomic E-state index is 0.642. The number of rotatable bonds is 5. The highest BCUT2D eigenvalue weighted by Crippen LogP contribution is 2.26. The Bertz CT molecular complexity index is 739. The van der Waals surface area contributed by atoms with Crippen molar-refractivity contribution in [2.75, 3.05) is 36.5 Å². The SMILES string of the molecule is Cc1nc(N2CCOCC2)nc(-c2ccc(NC=O)cc2)c1C=N. The van der Waals surface area contributed by atoms with Gasteiger partial charge in [-0.1, -0.05) is 12.1 Å². The van der Waals surface area contributed by atoms with Crippen molar-refractivity contribution >= 4 is 24.3 Å². The van der Waals surface area contributed by atoms with Gasteiger partial charge in [0.1, 0.15) is 0 Å². The number of nitrogens with zero attached hydrogens (tertiary/aromatic N) is 3. The summed E-state index contributed by atoms with van der Waals surface area (Å²) in [5.74, 6) is 0.659. The fourth-order valence-corrected chi connectivity index (χ4v) is 2.66. The molecule has 0 unspecified atom stereocenters. The van der Waals surface area contributed by atoms with Crippen LogP contribution in [0.5, 0.6) is 0 Å². The van der Waals surface area contributed by atoms with E-state index < -0.39 is 0 Å². The number of carbonyl (C=O) groups is 1. The van der Waals surface area contributed by atoms with Gasteiger partial charge in [-0.3, -0.25) is 4.79 Å². The van der Waals surface area contributed by atoms with Crippen LogP contribution in [0.25, 0.3) is 11.3 Å². The Morgan fingerprint density at radius 3 is 2.54 bits per heavy atom. The summed E-state index contributed by atoms with van der Waals surface area (Å²) in [4.78, 5) is 21.9. The molecule has 7 nitrogen and oxygen atoms in total. The average molecular weight is 325 g/mol. The third kappa shape index (κ3) is 3.26. The van der Waals surface area contributed by atoms with Gasteiger partial charge in [0.2, 0.25) is 12.4 Å². The van der Waals surface area contributed by atoms with E-state index in [2.05, 4.69) is 15.2 Å². The third-order valence-corrected chi connectivity index (χ3v) is 3.95. The van der Waals surface area contributed by atoms with Gasteiger partial charge in [-0.05, 0) is 19.1 Å². The van der Waals surface area contributed by atoms with Crippen molar-refractivity contribution in [2.45, 2.75) is 6.92 Å². The molecule has 7 heteroatoms. The number of aromatic nitrogens is 2. The Labute approximate surface area is 140 Å². The summed E-state index contributed by atoms with van der Waals surface area (Å²) in [7, 11) is 0. The van der Waals surface area contributed by atoms with Crippen LogP contribution in [-0.2, 0) is 9.53 Å². The molecule has 2 aromatic rings. The summed E-state index contributed by atoms with van der Waals surface area (Å²) >= 11 is 0. The van der Waals surface area contributed by atoms with E-state index in [-0.39, 0.29) is 0 Å². The Hall–Kier alpha value is -2.80. The summed E-state index contributed by atoms with van der Waals surface area (Å²) < 4.78 is 5.38. The van der Waals surface area contributed by atoms with Crippen molar-refractivity contribution in [3.63, 3.8) is 0 Å². The van der Waals surface area contributed by atoms with E-state index in [4.69, 9.17) is 15.1 Å². The van der Waals surface area contributed by atoms with E-state index in [0.717, 1.165) is 30.0 Å². The van der Waals surface area contributed by atoms with Gasteiger partial charge >= 0.3 is 0 Å². The van der Waals surface area contributed by atoms with Crippen LogP contribution in [0.15, 0.2) is 24.3 Å². The van der Waals surface area contributed by atoms with Crippen LogP contribution in [0.3, 0.4) is 0 Å². The number of anilines is 2. The zero-order valence-corrected chi connectivity index (χ0v) is 13.5. The fourth-order valence-electron chi connectivity index (χ4n) is 2.66. The molecule has 1 saturated heterocycles. The van der Waals surface area contributed by atoms with Crippen molar-refractivity contribution in [1.82, 2.24) is 9.97 Å². The van der Waals surface area contributed by atoms with Gasteiger partial charge in [0.05, 0.1) is 24.6 Å². The van der Waals surface area contributed by atoms with E-state index in [0.29, 0.717) is 36.8 Å². The lowest BCUT2D eigenvalue weighted by atomic mass is 10.0. The summed E-state index contributed by atoms with van der Waals surface area (Å²) in [6, 6.07) is 7.38. The number of aryl methyl sites for hydroxylation is 1. The number of carbonyl (C=O) groups excluding carboxylic acids is 1. The summed E-state index contributed by atoms with van der Waals surface area (Å²) in [5.41, 5.74) is 3.78. The standard InChI is InChI=1S/C17H19N5O2/c1-12-15(10-18)16(13-2-4-14(5-3-13)19-11-23)21-17(20-12)22-6-8-24-9-7-22/h2-5,10-11,18H,6-9H2,1H3,(H,19,23). The largest absolute Gasteiger partial charge is 0.378 e. The lowest BCUT2D eigenvalue weighted by Gasteiger charge is -2.27.